The van der Waals surface area contributed by atoms with Gasteiger partial charge in [-0.25, -0.2) is 0 Å². The van der Waals surface area contributed by atoms with Gasteiger partial charge < -0.3 is 16.0 Å². The highest BCUT2D eigenvalue weighted by Gasteiger charge is 2.41. The molecule has 2 aromatic rings. The van der Waals surface area contributed by atoms with Gasteiger partial charge >= 0.3 is 0 Å². The van der Waals surface area contributed by atoms with Gasteiger partial charge in [-0.05, 0) is 24.0 Å². The van der Waals surface area contributed by atoms with Gasteiger partial charge in [0.15, 0.2) is 0 Å². The van der Waals surface area contributed by atoms with Crippen LogP contribution in [0.15, 0.2) is 60.7 Å². The maximum atomic E-state index is 13.0. The molecule has 3 rings (SSSR count). The number of carbonyl (C=O) groups is 3. The van der Waals surface area contributed by atoms with E-state index in [1.807, 2.05) is 60.7 Å². The SMILES string of the molecule is O=C(CC[C@@]1(C(=O)NCc2ccccc2)CCC(=O)NC1)NCc1ccccc1. The number of piperidine rings is 1. The van der Waals surface area contributed by atoms with Crippen LogP contribution in [0.1, 0.15) is 36.8 Å². The summed E-state index contributed by atoms with van der Waals surface area (Å²) in [5.74, 6) is -0.261. The molecule has 0 spiro atoms. The van der Waals surface area contributed by atoms with Crippen molar-refractivity contribution in [2.75, 3.05) is 6.54 Å². The van der Waals surface area contributed by atoms with Gasteiger partial charge in [0.1, 0.15) is 0 Å². The lowest BCUT2D eigenvalue weighted by molar-refractivity contribution is -0.136. The summed E-state index contributed by atoms with van der Waals surface area (Å²) in [5, 5.41) is 8.69. The first-order valence-corrected chi connectivity index (χ1v) is 9.97. The Balaban J connectivity index is 1.56. The van der Waals surface area contributed by atoms with Crippen molar-refractivity contribution in [1.82, 2.24) is 16.0 Å². The van der Waals surface area contributed by atoms with E-state index in [2.05, 4.69) is 16.0 Å². The van der Waals surface area contributed by atoms with E-state index in [4.69, 9.17) is 0 Å². The molecule has 1 aliphatic heterocycles. The van der Waals surface area contributed by atoms with Gasteiger partial charge in [-0.2, -0.15) is 0 Å². The van der Waals surface area contributed by atoms with Crippen LogP contribution < -0.4 is 16.0 Å². The van der Waals surface area contributed by atoms with Crippen LogP contribution in [0.2, 0.25) is 0 Å². The van der Waals surface area contributed by atoms with Crippen molar-refractivity contribution in [2.45, 2.75) is 38.8 Å². The van der Waals surface area contributed by atoms with E-state index in [9.17, 15) is 14.4 Å². The van der Waals surface area contributed by atoms with Gasteiger partial charge in [0, 0.05) is 32.5 Å². The first kappa shape index (κ1) is 20.6. The van der Waals surface area contributed by atoms with Crippen molar-refractivity contribution < 1.29 is 14.4 Å². The number of hydrogen-bond acceptors (Lipinski definition) is 3. The lowest BCUT2D eigenvalue weighted by Gasteiger charge is -2.35. The summed E-state index contributed by atoms with van der Waals surface area (Å²) in [7, 11) is 0. The summed E-state index contributed by atoms with van der Waals surface area (Å²) in [6.07, 6.45) is 1.38. The van der Waals surface area contributed by atoms with Gasteiger partial charge in [0.2, 0.25) is 17.7 Å². The third-order valence-corrected chi connectivity index (χ3v) is 5.40. The second-order valence-corrected chi connectivity index (χ2v) is 7.49. The largest absolute Gasteiger partial charge is 0.355 e. The molecule has 0 bridgehead atoms. The minimum Gasteiger partial charge on any atom is -0.355 e. The van der Waals surface area contributed by atoms with Gasteiger partial charge in [0.05, 0.1) is 5.41 Å². The third-order valence-electron chi connectivity index (χ3n) is 5.40. The molecule has 2 aromatic carbocycles. The van der Waals surface area contributed by atoms with E-state index in [0.29, 0.717) is 32.4 Å². The second-order valence-electron chi connectivity index (χ2n) is 7.49. The smallest absolute Gasteiger partial charge is 0.228 e. The number of carbonyl (C=O) groups excluding carboxylic acids is 3. The molecule has 0 unspecified atom stereocenters. The topological polar surface area (TPSA) is 87.3 Å². The molecule has 1 fully saturated rings. The van der Waals surface area contributed by atoms with Crippen molar-refractivity contribution in [3.63, 3.8) is 0 Å². The maximum absolute atomic E-state index is 13.0. The number of benzene rings is 2. The van der Waals surface area contributed by atoms with Crippen LogP contribution in [0.4, 0.5) is 0 Å². The van der Waals surface area contributed by atoms with Crippen molar-refractivity contribution in [3.05, 3.63) is 71.8 Å². The maximum Gasteiger partial charge on any atom is 0.228 e. The minimum absolute atomic E-state index is 0.0509. The van der Waals surface area contributed by atoms with Crippen LogP contribution in [0, 0.1) is 5.41 Å². The highest BCUT2D eigenvalue weighted by atomic mass is 16.2. The Kier molecular flexibility index (Phi) is 7.00. The molecule has 1 saturated heterocycles. The minimum atomic E-state index is -0.757. The average Bonchev–Trinajstić information content (AvgIpc) is 2.77. The lowest BCUT2D eigenvalue weighted by atomic mass is 9.75. The molecular formula is C23H27N3O3. The van der Waals surface area contributed by atoms with E-state index in [1.54, 1.807) is 0 Å². The monoisotopic (exact) mass is 393 g/mol. The number of rotatable bonds is 8. The van der Waals surface area contributed by atoms with E-state index < -0.39 is 5.41 Å². The quantitative estimate of drug-likeness (QED) is 0.643. The third kappa shape index (κ3) is 5.91. The predicted molar refractivity (Wildman–Crippen MR) is 110 cm³/mol. The summed E-state index contributed by atoms with van der Waals surface area (Å²) in [4.78, 5) is 37.0. The molecule has 1 atom stereocenters. The zero-order chi connectivity index (χ0) is 20.5. The molecule has 0 aromatic heterocycles. The molecule has 6 heteroatoms. The number of nitrogens with one attached hydrogen (secondary N) is 3. The normalized spacial score (nSPS) is 18.6. The van der Waals surface area contributed by atoms with Crippen LogP contribution in [0.25, 0.3) is 0 Å². The zero-order valence-corrected chi connectivity index (χ0v) is 16.4. The average molecular weight is 393 g/mol. The molecule has 0 aliphatic carbocycles. The fourth-order valence-electron chi connectivity index (χ4n) is 3.52. The highest BCUT2D eigenvalue weighted by Crippen LogP contribution is 2.32. The van der Waals surface area contributed by atoms with Crippen LogP contribution in [-0.4, -0.2) is 24.3 Å². The second kappa shape index (κ2) is 9.87. The van der Waals surface area contributed by atoms with E-state index in [1.165, 1.54) is 0 Å². The molecule has 29 heavy (non-hydrogen) atoms. The molecule has 6 nitrogen and oxygen atoms in total. The first-order valence-electron chi connectivity index (χ1n) is 9.97. The number of amides is 3. The zero-order valence-electron chi connectivity index (χ0n) is 16.4. The lowest BCUT2D eigenvalue weighted by Crippen LogP contribution is -2.52. The Labute approximate surface area is 171 Å². The predicted octanol–water partition coefficient (Wildman–Crippen LogP) is 2.30. The van der Waals surface area contributed by atoms with E-state index >= 15 is 0 Å². The Morgan fingerprint density at radius 2 is 1.48 bits per heavy atom. The molecule has 1 heterocycles. The number of hydrogen-bond donors (Lipinski definition) is 3. The molecule has 0 radical (unpaired) electrons. The van der Waals surface area contributed by atoms with Crippen LogP contribution in [0.5, 0.6) is 0 Å². The van der Waals surface area contributed by atoms with E-state index in [0.717, 1.165) is 11.1 Å². The summed E-state index contributed by atoms with van der Waals surface area (Å²) in [5.41, 5.74) is 1.28. The summed E-state index contributed by atoms with van der Waals surface area (Å²) in [6, 6.07) is 19.4. The standard InChI is InChI=1S/C23H27N3O3/c27-20(24-15-18-7-3-1-4-8-18)11-13-23(14-12-21(28)26-17-23)22(29)25-16-19-9-5-2-6-10-19/h1-10H,11-17H2,(H,24,27)(H,25,29)(H,26,28)/t23-/m1/s1. The summed E-state index contributed by atoms with van der Waals surface area (Å²) >= 11 is 0. The molecular weight excluding hydrogens is 366 g/mol. The van der Waals surface area contributed by atoms with Crippen molar-refractivity contribution in [3.8, 4) is 0 Å². The summed E-state index contributed by atoms with van der Waals surface area (Å²) in [6.45, 7) is 1.15. The molecule has 0 saturated carbocycles. The molecule has 1 aliphatic rings. The Bertz CT molecular complexity index is 827. The Morgan fingerprint density at radius 3 is 2.03 bits per heavy atom. The molecule has 3 N–H and O–H groups in total. The van der Waals surface area contributed by atoms with Crippen molar-refractivity contribution in [2.24, 2.45) is 5.41 Å². The first-order chi connectivity index (χ1) is 14.1. The highest BCUT2D eigenvalue weighted by molar-refractivity contribution is 5.87. The van der Waals surface area contributed by atoms with Gasteiger partial charge in [-0.15, -0.1) is 0 Å². The Morgan fingerprint density at radius 1 is 0.897 bits per heavy atom. The Hall–Kier alpha value is -3.15. The fraction of sp³-hybridized carbons (Fsp3) is 0.348. The van der Waals surface area contributed by atoms with Gasteiger partial charge in [0.25, 0.3) is 0 Å². The van der Waals surface area contributed by atoms with Crippen LogP contribution in [-0.2, 0) is 27.5 Å². The van der Waals surface area contributed by atoms with Crippen molar-refractivity contribution in [1.29, 1.82) is 0 Å². The van der Waals surface area contributed by atoms with Crippen molar-refractivity contribution >= 4 is 17.7 Å². The molecule has 3 amide bonds. The van der Waals surface area contributed by atoms with Gasteiger partial charge in [-0.3, -0.25) is 14.4 Å². The fourth-order valence-corrected chi connectivity index (χ4v) is 3.52. The molecule has 152 valence electrons. The van der Waals surface area contributed by atoms with Crippen LogP contribution >= 0.6 is 0 Å². The van der Waals surface area contributed by atoms with Gasteiger partial charge in [-0.1, -0.05) is 60.7 Å². The summed E-state index contributed by atoms with van der Waals surface area (Å²) < 4.78 is 0. The van der Waals surface area contributed by atoms with Crippen LogP contribution in [0.3, 0.4) is 0 Å². The van der Waals surface area contributed by atoms with E-state index in [-0.39, 0.29) is 30.7 Å².